The van der Waals surface area contributed by atoms with Gasteiger partial charge in [-0.2, -0.15) is 17.6 Å². The largest absolute Gasteiger partial charge is 0.424 e. The number of halogens is 9. The number of hydrogen-bond donors (Lipinski definition) is 1. The highest BCUT2D eigenvalue weighted by Crippen LogP contribution is 2.72. The Morgan fingerprint density at radius 2 is 1.16 bits per heavy atom. The Labute approximate surface area is 140 Å². The third-order valence-electron chi connectivity index (χ3n) is 4.25. The van der Waals surface area contributed by atoms with Crippen LogP contribution in [0.1, 0.15) is 34.6 Å². The van der Waals surface area contributed by atoms with E-state index in [4.69, 9.17) is 5.73 Å². The lowest BCUT2D eigenvalue weighted by Gasteiger charge is -2.51. The van der Waals surface area contributed by atoms with E-state index in [2.05, 4.69) is 4.74 Å². The third-order valence-corrected chi connectivity index (χ3v) is 5.13. The Balaban J connectivity index is 3.98. The lowest BCUT2D eigenvalue weighted by Crippen LogP contribution is -2.77. The Hall–Kier alpha value is -0.280. The second kappa shape index (κ2) is 5.16. The van der Waals surface area contributed by atoms with Gasteiger partial charge in [0.25, 0.3) is 11.6 Å². The average molecular weight is 407 g/mol. The first-order valence-electron chi connectivity index (χ1n) is 6.94. The molecule has 3 unspecified atom stereocenters. The molecule has 12 heteroatoms. The van der Waals surface area contributed by atoms with Crippen LogP contribution in [0.4, 0.5) is 39.5 Å². The van der Waals surface area contributed by atoms with Gasteiger partial charge in [0, 0.05) is 5.41 Å². The van der Waals surface area contributed by atoms with Crippen LogP contribution in [-0.2, 0) is 4.74 Å². The summed E-state index contributed by atoms with van der Waals surface area (Å²) >= 11 is 0. The predicted octanol–water partition coefficient (Wildman–Crippen LogP) is 4.58. The Bertz CT molecular complexity index is 555. The molecule has 1 aliphatic heterocycles. The summed E-state index contributed by atoms with van der Waals surface area (Å²) in [5, 5.41) is -4.68. The van der Waals surface area contributed by atoms with Crippen molar-refractivity contribution >= 4 is 9.24 Å². The SMILES string of the molecule is CC(C)(C)C(F)(F)C1(P)OC(F)(F)C(F)(F)C1(F)C(F)(F)C(C)(C)N. The molecule has 1 saturated heterocycles. The summed E-state index contributed by atoms with van der Waals surface area (Å²) in [6.07, 6.45) is -5.94. The van der Waals surface area contributed by atoms with Crippen molar-refractivity contribution in [3.63, 3.8) is 0 Å². The fourth-order valence-electron chi connectivity index (χ4n) is 2.48. The van der Waals surface area contributed by atoms with Crippen molar-refractivity contribution in [2.45, 2.75) is 75.0 Å². The first kappa shape index (κ1) is 22.8. The summed E-state index contributed by atoms with van der Waals surface area (Å²) in [6.45, 7) is 2.71. The number of nitrogens with two attached hydrogens (primary N) is 1. The van der Waals surface area contributed by atoms with E-state index in [-0.39, 0.29) is 0 Å². The topological polar surface area (TPSA) is 35.2 Å². The quantitative estimate of drug-likeness (QED) is 0.549. The van der Waals surface area contributed by atoms with Crippen LogP contribution in [0.25, 0.3) is 0 Å². The Kier molecular flexibility index (Phi) is 4.70. The van der Waals surface area contributed by atoms with E-state index in [1.165, 1.54) is 0 Å². The lowest BCUT2D eigenvalue weighted by molar-refractivity contribution is -0.338. The Morgan fingerprint density at radius 3 is 1.44 bits per heavy atom. The van der Waals surface area contributed by atoms with E-state index < -0.39 is 45.8 Å². The van der Waals surface area contributed by atoms with Gasteiger partial charge < -0.3 is 5.73 Å². The number of alkyl halides is 9. The van der Waals surface area contributed by atoms with Crippen LogP contribution in [0.2, 0.25) is 0 Å². The third kappa shape index (κ3) is 2.37. The molecule has 3 atom stereocenters. The van der Waals surface area contributed by atoms with Gasteiger partial charge in [-0.25, -0.2) is 22.0 Å². The molecule has 0 bridgehead atoms. The highest BCUT2D eigenvalue weighted by molar-refractivity contribution is 7.19. The maximum absolute atomic E-state index is 15.2. The van der Waals surface area contributed by atoms with E-state index in [1.807, 2.05) is 0 Å². The number of rotatable bonds is 3. The van der Waals surface area contributed by atoms with Gasteiger partial charge >= 0.3 is 18.0 Å². The minimum absolute atomic E-state index is 0.348. The number of hydrogen-bond acceptors (Lipinski definition) is 2. The Morgan fingerprint density at radius 1 is 0.800 bits per heavy atom. The molecule has 0 spiro atoms. The fraction of sp³-hybridized carbons (Fsp3) is 1.00. The van der Waals surface area contributed by atoms with Crippen molar-refractivity contribution in [1.29, 1.82) is 0 Å². The van der Waals surface area contributed by atoms with Crippen molar-refractivity contribution in [2.24, 2.45) is 11.1 Å². The first-order valence-corrected chi connectivity index (χ1v) is 7.51. The highest BCUT2D eigenvalue weighted by Gasteiger charge is 2.98. The molecule has 0 radical (unpaired) electrons. The van der Waals surface area contributed by atoms with Crippen molar-refractivity contribution in [3.8, 4) is 0 Å². The molecule has 2 N–H and O–H groups in total. The van der Waals surface area contributed by atoms with Gasteiger partial charge in [-0.05, 0) is 13.8 Å². The zero-order valence-electron chi connectivity index (χ0n) is 14.0. The molecule has 0 aromatic heterocycles. The highest BCUT2D eigenvalue weighted by atomic mass is 31.0. The van der Waals surface area contributed by atoms with Gasteiger partial charge in [-0.3, -0.25) is 4.74 Å². The molecular formula is C13H19F9NOP. The van der Waals surface area contributed by atoms with Crippen molar-refractivity contribution in [1.82, 2.24) is 0 Å². The van der Waals surface area contributed by atoms with Crippen molar-refractivity contribution in [3.05, 3.63) is 0 Å². The molecule has 0 aliphatic carbocycles. The molecule has 0 saturated carbocycles. The maximum atomic E-state index is 15.2. The molecule has 2 nitrogen and oxygen atoms in total. The van der Waals surface area contributed by atoms with Crippen molar-refractivity contribution in [2.75, 3.05) is 0 Å². The summed E-state index contributed by atoms with van der Waals surface area (Å²) in [7, 11) is 0.619. The second-order valence-electron chi connectivity index (χ2n) is 7.71. The molecule has 1 aliphatic rings. The molecule has 0 aromatic rings. The van der Waals surface area contributed by atoms with Crippen LogP contribution in [0.3, 0.4) is 0 Å². The predicted molar refractivity (Wildman–Crippen MR) is 74.9 cm³/mol. The molecular weight excluding hydrogens is 388 g/mol. The van der Waals surface area contributed by atoms with Gasteiger partial charge in [0.05, 0.1) is 5.54 Å². The van der Waals surface area contributed by atoms with E-state index in [0.717, 1.165) is 0 Å². The molecule has 1 fully saturated rings. The van der Waals surface area contributed by atoms with Crippen LogP contribution >= 0.6 is 9.24 Å². The summed E-state index contributed by atoms with van der Waals surface area (Å²) in [5.41, 5.74) is -6.57. The summed E-state index contributed by atoms with van der Waals surface area (Å²) in [6, 6.07) is 0. The lowest BCUT2D eigenvalue weighted by atomic mass is 9.71. The fourth-order valence-corrected chi connectivity index (χ4v) is 3.43. The van der Waals surface area contributed by atoms with Gasteiger partial charge in [-0.1, -0.05) is 30.0 Å². The summed E-state index contributed by atoms with van der Waals surface area (Å²) in [4.78, 5) is 0. The molecule has 25 heavy (non-hydrogen) atoms. The van der Waals surface area contributed by atoms with Gasteiger partial charge in [0.1, 0.15) is 0 Å². The summed E-state index contributed by atoms with van der Waals surface area (Å²) in [5.74, 6) is -16.8. The van der Waals surface area contributed by atoms with E-state index in [9.17, 15) is 35.1 Å². The number of ether oxygens (including phenoxy) is 1. The van der Waals surface area contributed by atoms with Crippen LogP contribution in [0, 0.1) is 5.41 Å². The zero-order chi connectivity index (χ0) is 20.7. The molecule has 0 amide bonds. The van der Waals surface area contributed by atoms with Crippen molar-refractivity contribution < 1.29 is 44.3 Å². The van der Waals surface area contributed by atoms with Gasteiger partial charge in [-0.15, -0.1) is 0 Å². The van der Waals surface area contributed by atoms with Crippen LogP contribution in [-0.4, -0.2) is 40.4 Å². The minimum Gasteiger partial charge on any atom is -0.320 e. The summed E-state index contributed by atoms with van der Waals surface area (Å²) < 4.78 is 132. The van der Waals surface area contributed by atoms with Crippen LogP contribution < -0.4 is 5.73 Å². The van der Waals surface area contributed by atoms with Crippen LogP contribution in [0.15, 0.2) is 0 Å². The molecule has 0 aromatic carbocycles. The minimum atomic E-state index is -6.31. The van der Waals surface area contributed by atoms with E-state index in [0.29, 0.717) is 43.9 Å². The average Bonchev–Trinajstić information content (AvgIpc) is 2.43. The first-order chi connectivity index (χ1) is 10.5. The molecule has 1 heterocycles. The van der Waals surface area contributed by atoms with E-state index >= 15 is 4.39 Å². The van der Waals surface area contributed by atoms with Gasteiger partial charge in [0.2, 0.25) is 0 Å². The molecule has 150 valence electrons. The standard InChI is InChI=1S/C13H19F9NOP/c1-6(2,3)9(15,16)12(25)8(14,10(17,18)7(4,5)23)11(19,20)13(21,22)24-12/h23,25H2,1-5H3. The normalized spacial score (nSPS) is 33.6. The zero-order valence-corrected chi connectivity index (χ0v) is 15.1. The second-order valence-corrected chi connectivity index (χ2v) is 8.52. The van der Waals surface area contributed by atoms with Crippen LogP contribution in [0.5, 0.6) is 0 Å². The molecule has 1 rings (SSSR count). The maximum Gasteiger partial charge on any atom is 0.424 e. The van der Waals surface area contributed by atoms with E-state index in [1.54, 1.807) is 0 Å². The monoisotopic (exact) mass is 407 g/mol. The smallest absolute Gasteiger partial charge is 0.320 e. The van der Waals surface area contributed by atoms with Gasteiger partial charge in [0.15, 0.2) is 5.34 Å².